The van der Waals surface area contributed by atoms with Crippen molar-refractivity contribution in [2.24, 2.45) is 4.99 Å². The van der Waals surface area contributed by atoms with Crippen molar-refractivity contribution in [3.8, 4) is 0 Å². The van der Waals surface area contributed by atoms with Crippen LogP contribution in [-0.2, 0) is 9.53 Å². The molecular weight excluding hydrogens is 186 g/mol. The maximum absolute atomic E-state index is 10.8. The Kier molecular flexibility index (Phi) is 1.99. The molecular formula is C9H9NO4. The van der Waals surface area contributed by atoms with E-state index in [0.717, 1.165) is 0 Å². The molecule has 14 heavy (non-hydrogen) atoms. The maximum Gasteiger partial charge on any atom is 0.339 e. The Labute approximate surface area is 80.0 Å². The molecule has 0 aromatic carbocycles. The van der Waals surface area contributed by atoms with Gasteiger partial charge in [-0.2, -0.15) is 0 Å². The van der Waals surface area contributed by atoms with Crippen molar-refractivity contribution in [3.63, 3.8) is 0 Å². The highest BCUT2D eigenvalue weighted by Crippen LogP contribution is 2.24. The van der Waals surface area contributed by atoms with Gasteiger partial charge < -0.3 is 14.9 Å². The molecule has 2 N–H and O–H groups in total. The van der Waals surface area contributed by atoms with Gasteiger partial charge in [0.1, 0.15) is 12.2 Å². The number of carbonyl (C=O) groups is 1. The number of aliphatic hydroxyl groups is 1. The third-order valence-corrected chi connectivity index (χ3v) is 2.04. The first-order valence-corrected chi connectivity index (χ1v) is 4.22. The zero-order valence-electron chi connectivity index (χ0n) is 7.36. The molecule has 0 radical (unpaired) electrons. The smallest absolute Gasteiger partial charge is 0.339 e. The maximum atomic E-state index is 10.8. The first-order chi connectivity index (χ1) is 6.68. The lowest BCUT2D eigenvalue weighted by atomic mass is 10.0. The third kappa shape index (κ3) is 1.37. The van der Waals surface area contributed by atoms with Crippen LogP contribution in [0.1, 0.15) is 6.42 Å². The lowest BCUT2D eigenvalue weighted by Crippen LogP contribution is -2.23. The molecule has 5 heteroatoms. The number of aliphatic imine (C=N–C) groups is 1. The van der Waals surface area contributed by atoms with Crippen LogP contribution in [-0.4, -0.2) is 35.0 Å². The SMILES string of the molecule is O=C(O)C1=C2OCCN=C2CC(O)=C1. The molecule has 1 aliphatic carbocycles. The molecule has 0 fully saturated rings. The Morgan fingerprint density at radius 1 is 1.57 bits per heavy atom. The van der Waals surface area contributed by atoms with E-state index in [1.807, 2.05) is 0 Å². The Morgan fingerprint density at radius 3 is 3.07 bits per heavy atom. The molecule has 74 valence electrons. The van der Waals surface area contributed by atoms with Gasteiger partial charge in [0.2, 0.25) is 0 Å². The highest BCUT2D eigenvalue weighted by atomic mass is 16.5. The van der Waals surface area contributed by atoms with Gasteiger partial charge in [-0.1, -0.05) is 0 Å². The standard InChI is InChI=1S/C9H9NO4/c11-5-3-6(9(12)13)8-7(4-5)10-1-2-14-8/h3,11H,1-2,4H2,(H,12,13). The molecule has 0 spiro atoms. The number of carboxylic acid groups (broad SMARTS) is 1. The fourth-order valence-corrected chi connectivity index (χ4v) is 1.47. The number of hydrogen-bond acceptors (Lipinski definition) is 4. The number of ether oxygens (including phenoxy) is 1. The highest BCUT2D eigenvalue weighted by Gasteiger charge is 2.26. The van der Waals surface area contributed by atoms with E-state index in [1.165, 1.54) is 6.08 Å². The summed E-state index contributed by atoms with van der Waals surface area (Å²) in [6.07, 6.45) is 1.47. The number of aliphatic carboxylic acids is 1. The molecule has 2 aliphatic rings. The second-order valence-corrected chi connectivity index (χ2v) is 3.04. The summed E-state index contributed by atoms with van der Waals surface area (Å²) in [7, 11) is 0. The summed E-state index contributed by atoms with van der Waals surface area (Å²) in [5.41, 5.74) is 0.501. The van der Waals surface area contributed by atoms with E-state index in [1.54, 1.807) is 0 Å². The zero-order valence-corrected chi connectivity index (χ0v) is 7.36. The predicted molar refractivity (Wildman–Crippen MR) is 48.2 cm³/mol. The summed E-state index contributed by atoms with van der Waals surface area (Å²) < 4.78 is 5.22. The summed E-state index contributed by atoms with van der Waals surface area (Å²) in [6, 6.07) is 0. The summed E-state index contributed by atoms with van der Waals surface area (Å²) in [5.74, 6) is -0.808. The first-order valence-electron chi connectivity index (χ1n) is 4.22. The molecule has 0 atom stereocenters. The molecule has 5 nitrogen and oxygen atoms in total. The van der Waals surface area contributed by atoms with Crippen molar-refractivity contribution >= 4 is 11.7 Å². The van der Waals surface area contributed by atoms with Crippen molar-refractivity contribution < 1.29 is 19.7 Å². The van der Waals surface area contributed by atoms with Crippen LogP contribution in [0, 0.1) is 0 Å². The number of nitrogens with zero attached hydrogens (tertiary/aromatic N) is 1. The van der Waals surface area contributed by atoms with Crippen molar-refractivity contribution in [2.45, 2.75) is 6.42 Å². The second-order valence-electron chi connectivity index (χ2n) is 3.04. The van der Waals surface area contributed by atoms with Gasteiger partial charge in [-0.3, -0.25) is 4.99 Å². The van der Waals surface area contributed by atoms with Crippen molar-refractivity contribution in [1.82, 2.24) is 0 Å². The summed E-state index contributed by atoms with van der Waals surface area (Å²) in [4.78, 5) is 14.9. The van der Waals surface area contributed by atoms with Crippen LogP contribution in [0.2, 0.25) is 0 Å². The van der Waals surface area contributed by atoms with Crippen molar-refractivity contribution in [1.29, 1.82) is 0 Å². The van der Waals surface area contributed by atoms with Gasteiger partial charge in [0.15, 0.2) is 5.76 Å². The van der Waals surface area contributed by atoms with Gasteiger partial charge in [0, 0.05) is 0 Å². The van der Waals surface area contributed by atoms with E-state index in [9.17, 15) is 9.90 Å². The number of allylic oxidation sites excluding steroid dienone is 2. The minimum Gasteiger partial charge on any atom is -0.512 e. The van der Waals surface area contributed by atoms with Gasteiger partial charge >= 0.3 is 5.97 Å². The van der Waals surface area contributed by atoms with Crippen molar-refractivity contribution in [2.75, 3.05) is 13.2 Å². The number of hydrogen-bond donors (Lipinski definition) is 2. The average Bonchev–Trinajstić information content (AvgIpc) is 2.16. The molecule has 2 rings (SSSR count). The van der Waals surface area contributed by atoms with Crippen LogP contribution in [0.3, 0.4) is 0 Å². The number of aliphatic hydroxyl groups excluding tert-OH is 1. The number of fused-ring (bicyclic) bond motifs is 1. The fourth-order valence-electron chi connectivity index (χ4n) is 1.47. The normalized spacial score (nSPS) is 20.6. The molecule has 0 saturated carbocycles. The molecule has 0 aromatic rings. The number of carboxylic acids is 1. The minimum atomic E-state index is -1.11. The average molecular weight is 195 g/mol. The van der Waals surface area contributed by atoms with Gasteiger partial charge in [-0.05, 0) is 6.08 Å². The largest absolute Gasteiger partial charge is 0.512 e. The molecule has 0 aromatic heterocycles. The van der Waals surface area contributed by atoms with Gasteiger partial charge in [0.05, 0.1) is 24.4 Å². The number of rotatable bonds is 1. The third-order valence-electron chi connectivity index (χ3n) is 2.04. The summed E-state index contributed by atoms with van der Waals surface area (Å²) >= 11 is 0. The van der Waals surface area contributed by atoms with Crippen molar-refractivity contribution in [3.05, 3.63) is 23.2 Å². The fraction of sp³-hybridized carbons (Fsp3) is 0.333. The Balaban J connectivity index is 2.50. The molecule has 1 heterocycles. The van der Waals surface area contributed by atoms with E-state index in [2.05, 4.69) is 4.99 Å². The highest BCUT2D eigenvalue weighted by molar-refractivity contribution is 6.09. The molecule has 0 bridgehead atoms. The van der Waals surface area contributed by atoms with Gasteiger partial charge in [-0.15, -0.1) is 0 Å². The minimum absolute atomic E-state index is 0.00963. The van der Waals surface area contributed by atoms with Gasteiger partial charge in [-0.25, -0.2) is 4.79 Å². The second kappa shape index (κ2) is 3.17. The molecule has 0 unspecified atom stereocenters. The summed E-state index contributed by atoms with van der Waals surface area (Å²) in [6.45, 7) is 0.906. The predicted octanol–water partition coefficient (Wildman–Crippen LogP) is 0.642. The van der Waals surface area contributed by atoms with Crippen LogP contribution >= 0.6 is 0 Å². The molecule has 0 amide bonds. The van der Waals surface area contributed by atoms with Crippen LogP contribution in [0.5, 0.6) is 0 Å². The van der Waals surface area contributed by atoms with E-state index in [4.69, 9.17) is 9.84 Å². The Morgan fingerprint density at radius 2 is 2.36 bits per heavy atom. The lowest BCUT2D eigenvalue weighted by Gasteiger charge is -2.21. The Bertz CT molecular complexity index is 378. The lowest BCUT2D eigenvalue weighted by molar-refractivity contribution is -0.132. The van der Waals surface area contributed by atoms with E-state index in [0.29, 0.717) is 24.6 Å². The zero-order chi connectivity index (χ0) is 10.1. The van der Waals surface area contributed by atoms with Crippen LogP contribution < -0.4 is 0 Å². The van der Waals surface area contributed by atoms with E-state index in [-0.39, 0.29) is 17.8 Å². The quantitative estimate of drug-likeness (QED) is 0.643. The van der Waals surface area contributed by atoms with Crippen LogP contribution in [0.15, 0.2) is 28.2 Å². The topological polar surface area (TPSA) is 79.1 Å². The van der Waals surface area contributed by atoms with Gasteiger partial charge in [0.25, 0.3) is 0 Å². The monoisotopic (exact) mass is 195 g/mol. The van der Waals surface area contributed by atoms with Crippen LogP contribution in [0.25, 0.3) is 0 Å². The van der Waals surface area contributed by atoms with E-state index < -0.39 is 5.97 Å². The van der Waals surface area contributed by atoms with Crippen LogP contribution in [0.4, 0.5) is 0 Å². The Hall–Kier alpha value is -1.78. The molecule has 1 aliphatic heterocycles. The molecule has 0 saturated heterocycles. The van der Waals surface area contributed by atoms with E-state index >= 15 is 0 Å². The summed E-state index contributed by atoms with van der Waals surface area (Å²) in [5, 5.41) is 18.1. The first kappa shape index (κ1) is 8.80.